The second-order valence-corrected chi connectivity index (χ2v) is 8.99. The quantitative estimate of drug-likeness (QED) is 0.467. The van der Waals surface area contributed by atoms with Crippen molar-refractivity contribution in [2.75, 3.05) is 24.4 Å². The van der Waals surface area contributed by atoms with Gasteiger partial charge in [0, 0.05) is 7.11 Å². The van der Waals surface area contributed by atoms with E-state index >= 15 is 0 Å². The van der Waals surface area contributed by atoms with Crippen molar-refractivity contribution in [3.63, 3.8) is 0 Å². The molecule has 1 amide bonds. The molecule has 0 spiro atoms. The lowest BCUT2D eigenvalue weighted by molar-refractivity contribution is -0.116. The smallest absolute Gasteiger partial charge is 0.237 e. The van der Waals surface area contributed by atoms with Crippen LogP contribution in [0.15, 0.2) is 46.8 Å². The molecule has 0 aliphatic rings. The molecule has 3 rings (SSSR count). The lowest BCUT2D eigenvalue weighted by atomic mass is 10.0. The van der Waals surface area contributed by atoms with E-state index in [9.17, 15) is 4.79 Å². The molecule has 148 valence electrons. The van der Waals surface area contributed by atoms with Crippen LogP contribution in [0.25, 0.3) is 10.2 Å². The average molecular weight is 415 g/mol. The third-order valence-corrected chi connectivity index (χ3v) is 6.82. The first-order chi connectivity index (χ1) is 13.5. The van der Waals surface area contributed by atoms with Crippen LogP contribution in [0.1, 0.15) is 25.0 Å². The van der Waals surface area contributed by atoms with Crippen molar-refractivity contribution in [1.29, 1.82) is 0 Å². The highest BCUT2D eigenvalue weighted by Gasteiger charge is 2.25. The van der Waals surface area contributed by atoms with Crippen molar-refractivity contribution < 1.29 is 9.53 Å². The van der Waals surface area contributed by atoms with Crippen LogP contribution < -0.4 is 4.90 Å². The largest absolute Gasteiger partial charge is 0.383 e. The Morgan fingerprint density at radius 2 is 2.04 bits per heavy atom. The molecule has 1 heterocycles. The highest BCUT2D eigenvalue weighted by atomic mass is 32.2. The molecule has 0 aliphatic heterocycles. The van der Waals surface area contributed by atoms with Gasteiger partial charge in [0.2, 0.25) is 5.91 Å². The minimum atomic E-state index is -0.0418. The molecule has 0 saturated carbocycles. The molecule has 1 atom stereocenters. The Morgan fingerprint density at radius 3 is 2.75 bits per heavy atom. The van der Waals surface area contributed by atoms with Crippen LogP contribution in [0.2, 0.25) is 0 Å². The number of ether oxygens (including phenoxy) is 1. The number of carbonyl (C=O) groups excluding carboxylic acids is 1. The van der Waals surface area contributed by atoms with Crippen LogP contribution in [-0.4, -0.2) is 36.4 Å². The molecule has 2 aromatic carbocycles. The number of hydrogen-bond acceptors (Lipinski definition) is 5. The van der Waals surface area contributed by atoms with Crippen molar-refractivity contribution in [2.45, 2.75) is 37.6 Å². The minimum absolute atomic E-state index is 0.0418. The van der Waals surface area contributed by atoms with Crippen molar-refractivity contribution in [2.24, 2.45) is 0 Å². The summed E-state index contributed by atoms with van der Waals surface area (Å²) >= 11 is 3.14. The first kappa shape index (κ1) is 20.8. The van der Waals surface area contributed by atoms with Crippen LogP contribution in [0.3, 0.4) is 0 Å². The number of aromatic nitrogens is 1. The Balaban J connectivity index is 1.84. The summed E-state index contributed by atoms with van der Waals surface area (Å²) in [4.78, 5) is 19.8. The zero-order chi connectivity index (χ0) is 20.1. The number of anilines is 1. The molecule has 3 aromatic rings. The van der Waals surface area contributed by atoms with Gasteiger partial charge in [0.15, 0.2) is 4.34 Å². The summed E-state index contributed by atoms with van der Waals surface area (Å²) in [6, 6.07) is 14.2. The van der Waals surface area contributed by atoms with Gasteiger partial charge in [0.25, 0.3) is 0 Å². The van der Waals surface area contributed by atoms with Crippen LogP contribution in [0.5, 0.6) is 0 Å². The number of carbonyl (C=O) groups is 1. The predicted molar refractivity (Wildman–Crippen MR) is 120 cm³/mol. The maximum atomic E-state index is 13.3. The number of benzene rings is 2. The number of rotatable bonds is 8. The Hall–Kier alpha value is -1.89. The van der Waals surface area contributed by atoms with E-state index in [2.05, 4.69) is 43.1 Å². The maximum Gasteiger partial charge on any atom is 0.237 e. The van der Waals surface area contributed by atoms with E-state index < -0.39 is 0 Å². The molecule has 6 heteroatoms. The number of nitrogens with zero attached hydrogens (tertiary/aromatic N) is 2. The zero-order valence-corrected chi connectivity index (χ0v) is 18.4. The van der Waals surface area contributed by atoms with Gasteiger partial charge in [-0.2, -0.15) is 0 Å². The summed E-state index contributed by atoms with van der Waals surface area (Å²) in [6.45, 7) is 6.72. The van der Waals surface area contributed by atoms with Gasteiger partial charge < -0.3 is 9.64 Å². The van der Waals surface area contributed by atoms with Crippen LogP contribution in [0, 0.1) is 6.92 Å². The second kappa shape index (κ2) is 9.54. The van der Waals surface area contributed by atoms with E-state index in [1.165, 1.54) is 17.3 Å². The number of fused-ring (bicyclic) bond motifs is 1. The summed E-state index contributed by atoms with van der Waals surface area (Å²) < 4.78 is 7.43. The Morgan fingerprint density at radius 1 is 1.25 bits per heavy atom. The van der Waals surface area contributed by atoms with Gasteiger partial charge >= 0.3 is 0 Å². The topological polar surface area (TPSA) is 42.4 Å². The van der Waals surface area contributed by atoms with Gasteiger partial charge in [0.1, 0.15) is 0 Å². The van der Waals surface area contributed by atoms with Gasteiger partial charge in [-0.25, -0.2) is 4.98 Å². The second-order valence-electron chi connectivity index (χ2n) is 6.74. The molecule has 0 radical (unpaired) electrons. The standard InChI is InChI=1S/C22H26N2O2S2/c1-5-17-10-8-9-15(2)21(17)24(16(3)13-26-4)20(25)14-27-22-23-18-11-6-7-12-19(18)28-22/h6-12,16H,5,13-14H2,1-4H3/t16-/m1/s1. The number of para-hydroxylation sites is 2. The predicted octanol–water partition coefficient (Wildman–Crippen LogP) is 5.33. The fourth-order valence-electron chi connectivity index (χ4n) is 3.36. The summed E-state index contributed by atoms with van der Waals surface area (Å²) in [5, 5.41) is 0. The Kier molecular flexibility index (Phi) is 7.10. The molecular formula is C22H26N2O2S2. The first-order valence-corrected chi connectivity index (χ1v) is 11.2. The number of amides is 1. The zero-order valence-electron chi connectivity index (χ0n) is 16.8. The normalized spacial score (nSPS) is 12.3. The summed E-state index contributed by atoms with van der Waals surface area (Å²) in [5.41, 5.74) is 4.30. The van der Waals surface area contributed by atoms with Gasteiger partial charge in [0.05, 0.1) is 34.3 Å². The lowest BCUT2D eigenvalue weighted by Gasteiger charge is -2.32. The van der Waals surface area contributed by atoms with E-state index in [1.54, 1.807) is 18.4 Å². The van der Waals surface area contributed by atoms with Gasteiger partial charge in [-0.05, 0) is 43.5 Å². The lowest BCUT2D eigenvalue weighted by Crippen LogP contribution is -2.43. The third-order valence-electron chi connectivity index (χ3n) is 4.65. The first-order valence-electron chi connectivity index (χ1n) is 9.43. The minimum Gasteiger partial charge on any atom is -0.383 e. The van der Waals surface area contributed by atoms with E-state index in [1.807, 2.05) is 30.0 Å². The number of aryl methyl sites for hydroxylation is 2. The van der Waals surface area contributed by atoms with Gasteiger partial charge in [-0.3, -0.25) is 4.79 Å². The van der Waals surface area contributed by atoms with E-state index in [4.69, 9.17) is 4.74 Å². The third kappa shape index (κ3) is 4.57. The molecule has 28 heavy (non-hydrogen) atoms. The number of thiazole rings is 1. The fourth-order valence-corrected chi connectivity index (χ4v) is 5.29. The van der Waals surface area contributed by atoms with E-state index in [-0.39, 0.29) is 11.9 Å². The van der Waals surface area contributed by atoms with E-state index in [0.29, 0.717) is 12.4 Å². The maximum absolute atomic E-state index is 13.3. The molecule has 0 fully saturated rings. The average Bonchev–Trinajstić information content (AvgIpc) is 3.11. The monoisotopic (exact) mass is 414 g/mol. The van der Waals surface area contributed by atoms with Crippen molar-refractivity contribution in [3.05, 3.63) is 53.6 Å². The highest BCUT2D eigenvalue weighted by molar-refractivity contribution is 8.01. The Labute approximate surface area is 174 Å². The molecule has 0 N–H and O–H groups in total. The summed E-state index contributed by atoms with van der Waals surface area (Å²) in [5.74, 6) is 0.434. The molecule has 4 nitrogen and oxygen atoms in total. The van der Waals surface area contributed by atoms with Crippen molar-refractivity contribution in [3.8, 4) is 0 Å². The number of methoxy groups -OCH3 is 1. The van der Waals surface area contributed by atoms with Crippen molar-refractivity contribution >= 4 is 44.9 Å². The highest BCUT2D eigenvalue weighted by Crippen LogP contribution is 2.32. The van der Waals surface area contributed by atoms with Gasteiger partial charge in [-0.15, -0.1) is 11.3 Å². The summed E-state index contributed by atoms with van der Waals surface area (Å²) in [6.07, 6.45) is 0.880. The van der Waals surface area contributed by atoms with Crippen LogP contribution in [-0.2, 0) is 16.0 Å². The SMILES string of the molecule is CCc1cccc(C)c1N(C(=O)CSc1nc2ccccc2s1)[C@H](C)COC. The fraction of sp³-hybridized carbons (Fsp3) is 0.364. The molecule has 0 saturated heterocycles. The van der Waals surface area contributed by atoms with Gasteiger partial charge in [-0.1, -0.05) is 49.0 Å². The number of thioether (sulfide) groups is 1. The number of hydrogen-bond donors (Lipinski definition) is 0. The van der Waals surface area contributed by atoms with Crippen LogP contribution in [0.4, 0.5) is 5.69 Å². The molecule has 0 bridgehead atoms. The molecule has 0 aliphatic carbocycles. The molecular weight excluding hydrogens is 388 g/mol. The summed E-state index contributed by atoms with van der Waals surface area (Å²) in [7, 11) is 1.67. The Bertz CT molecular complexity index is 922. The van der Waals surface area contributed by atoms with Crippen molar-refractivity contribution in [1.82, 2.24) is 4.98 Å². The van der Waals surface area contributed by atoms with Crippen LogP contribution >= 0.6 is 23.1 Å². The molecule has 0 unspecified atom stereocenters. The van der Waals surface area contributed by atoms with E-state index in [0.717, 1.165) is 32.2 Å². The molecule has 1 aromatic heterocycles.